The first-order chi connectivity index (χ1) is 12.6. The van der Waals surface area contributed by atoms with Crippen molar-refractivity contribution in [1.29, 1.82) is 0 Å². The number of nitrogens with one attached hydrogen (secondary N) is 3. The molecule has 0 fully saturated rings. The maximum atomic E-state index is 13.0. The Morgan fingerprint density at radius 1 is 1.19 bits per heavy atom. The van der Waals surface area contributed by atoms with Crippen molar-refractivity contribution in [3.8, 4) is 0 Å². The molecule has 0 spiro atoms. The highest BCUT2D eigenvalue weighted by Gasteiger charge is 2.14. The summed E-state index contributed by atoms with van der Waals surface area (Å²) in [4.78, 5) is 24.3. The minimum Gasteiger partial charge on any atom is -0.357 e. The second-order valence-electron chi connectivity index (χ2n) is 5.81. The van der Waals surface area contributed by atoms with Crippen molar-refractivity contribution in [2.75, 3.05) is 10.6 Å². The normalized spacial score (nSPS) is 12.3. The quantitative estimate of drug-likeness (QED) is 0.506. The third kappa shape index (κ3) is 3.16. The molecule has 0 bridgehead atoms. The second-order valence-corrected chi connectivity index (χ2v) is 5.81. The molecule has 0 saturated heterocycles. The van der Waals surface area contributed by atoms with Crippen LogP contribution >= 0.6 is 0 Å². The molecule has 0 aliphatic carbocycles. The molecule has 10 heteroatoms. The number of fused-ring (bicyclic) bond motifs is 1. The Kier molecular flexibility index (Phi) is 3.92. The van der Waals surface area contributed by atoms with Crippen molar-refractivity contribution in [3.05, 3.63) is 48.8 Å². The van der Waals surface area contributed by atoms with Crippen molar-refractivity contribution < 1.29 is 4.39 Å². The van der Waals surface area contributed by atoms with Gasteiger partial charge in [0.05, 0.1) is 30.3 Å². The first kappa shape index (κ1) is 15.9. The minimum atomic E-state index is -0.479. The molecule has 4 aromatic heterocycles. The predicted octanol–water partition coefficient (Wildman–Crippen LogP) is 2.54. The third-order valence-corrected chi connectivity index (χ3v) is 3.73. The number of hydrogen-bond donors (Lipinski definition) is 3. The molecule has 3 N–H and O–H groups in total. The van der Waals surface area contributed by atoms with Crippen LogP contribution in [0, 0.1) is 5.82 Å². The van der Waals surface area contributed by atoms with Gasteiger partial charge in [0.25, 0.3) is 0 Å². The molecule has 0 amide bonds. The number of aromatic nitrogens is 7. The molecule has 0 unspecified atom stereocenters. The number of H-pyrrole nitrogens is 1. The van der Waals surface area contributed by atoms with E-state index in [1.807, 2.05) is 30.8 Å². The van der Waals surface area contributed by atoms with Crippen LogP contribution in [0.3, 0.4) is 0 Å². The maximum absolute atomic E-state index is 13.0. The van der Waals surface area contributed by atoms with Gasteiger partial charge in [-0.15, -0.1) is 0 Å². The smallest absolute Gasteiger partial charge is 0.225 e. The lowest BCUT2D eigenvalue weighted by Crippen LogP contribution is -2.13. The van der Waals surface area contributed by atoms with E-state index in [1.165, 1.54) is 0 Å². The molecule has 4 rings (SSSR count). The van der Waals surface area contributed by atoms with E-state index in [0.29, 0.717) is 23.4 Å². The lowest BCUT2D eigenvalue weighted by atomic mass is 10.3. The summed E-state index contributed by atoms with van der Waals surface area (Å²) < 4.78 is 14.8. The number of halogens is 1. The lowest BCUT2D eigenvalue weighted by Gasteiger charge is -2.13. The van der Waals surface area contributed by atoms with Gasteiger partial charge in [0.15, 0.2) is 11.6 Å². The zero-order valence-corrected chi connectivity index (χ0v) is 14.1. The van der Waals surface area contributed by atoms with Gasteiger partial charge in [0.2, 0.25) is 5.95 Å². The Labute approximate surface area is 147 Å². The van der Waals surface area contributed by atoms with E-state index >= 15 is 0 Å². The number of imidazole rings is 1. The molecule has 4 aromatic rings. The second kappa shape index (κ2) is 6.39. The zero-order chi connectivity index (χ0) is 18.1. The average Bonchev–Trinajstić information content (AvgIpc) is 3.24. The molecule has 0 aliphatic rings. The van der Waals surface area contributed by atoms with Crippen LogP contribution < -0.4 is 10.6 Å². The average molecular weight is 353 g/mol. The maximum Gasteiger partial charge on any atom is 0.225 e. The van der Waals surface area contributed by atoms with Crippen molar-refractivity contribution in [2.24, 2.45) is 7.05 Å². The molecule has 0 aromatic carbocycles. The zero-order valence-electron chi connectivity index (χ0n) is 14.1. The van der Waals surface area contributed by atoms with E-state index in [1.54, 1.807) is 12.5 Å². The molecular formula is C16H16FN9. The summed E-state index contributed by atoms with van der Waals surface area (Å²) >= 11 is 0. The Balaban J connectivity index is 1.63. The molecular weight excluding hydrogens is 337 g/mol. The van der Waals surface area contributed by atoms with Crippen molar-refractivity contribution in [1.82, 2.24) is 34.5 Å². The van der Waals surface area contributed by atoms with E-state index < -0.39 is 5.82 Å². The molecule has 26 heavy (non-hydrogen) atoms. The summed E-state index contributed by atoms with van der Waals surface area (Å²) in [6.07, 6.45) is 7.59. The van der Waals surface area contributed by atoms with Crippen LogP contribution in [0.15, 0.2) is 37.2 Å². The first-order valence-corrected chi connectivity index (χ1v) is 7.92. The molecule has 0 radical (unpaired) electrons. The summed E-state index contributed by atoms with van der Waals surface area (Å²) in [6.45, 7) is 1.85. The van der Waals surface area contributed by atoms with E-state index in [4.69, 9.17) is 0 Å². The third-order valence-electron chi connectivity index (χ3n) is 3.73. The van der Waals surface area contributed by atoms with E-state index in [2.05, 4.69) is 40.5 Å². The fourth-order valence-electron chi connectivity index (χ4n) is 2.50. The van der Waals surface area contributed by atoms with Gasteiger partial charge in [0, 0.05) is 19.4 Å². The van der Waals surface area contributed by atoms with Gasteiger partial charge in [-0.3, -0.25) is 0 Å². The van der Waals surface area contributed by atoms with Crippen molar-refractivity contribution in [3.63, 3.8) is 0 Å². The molecule has 1 atom stereocenters. The van der Waals surface area contributed by atoms with Crippen LogP contribution in [0.1, 0.15) is 18.8 Å². The molecule has 9 nitrogen and oxygen atoms in total. The fraction of sp³-hybridized carbons (Fsp3) is 0.188. The van der Waals surface area contributed by atoms with Crippen molar-refractivity contribution >= 4 is 28.6 Å². The van der Waals surface area contributed by atoms with Gasteiger partial charge in [-0.05, 0) is 13.0 Å². The SMILES string of the molecule is C[C@H](Nc1nc(Nc2cn(C)cn2)c2[nH]ccc2n1)c1ncc(F)cn1. The lowest BCUT2D eigenvalue weighted by molar-refractivity contribution is 0.604. The van der Waals surface area contributed by atoms with E-state index in [9.17, 15) is 4.39 Å². The standard InChI is InChI=1S/C16H16FN9/c1-9(14-19-5-10(17)6-20-14)22-16-23-11-3-4-18-13(11)15(25-16)24-12-7-26(2)8-21-12/h3-9,18H,1-2H3,(H2,22,23,24,25)/t9-/m0/s1. The Bertz CT molecular complexity index is 1040. The Morgan fingerprint density at radius 3 is 2.73 bits per heavy atom. The summed E-state index contributed by atoms with van der Waals surface area (Å²) in [5, 5.41) is 6.32. The predicted molar refractivity (Wildman–Crippen MR) is 94.4 cm³/mol. The Morgan fingerprint density at radius 2 is 2.00 bits per heavy atom. The monoisotopic (exact) mass is 353 g/mol. The summed E-state index contributed by atoms with van der Waals surface area (Å²) in [7, 11) is 1.89. The number of anilines is 3. The highest BCUT2D eigenvalue weighted by molar-refractivity contribution is 5.88. The molecule has 132 valence electrons. The van der Waals surface area contributed by atoms with Crippen LogP contribution in [0.5, 0.6) is 0 Å². The van der Waals surface area contributed by atoms with Crippen LogP contribution in [-0.2, 0) is 7.05 Å². The minimum absolute atomic E-state index is 0.297. The number of aromatic amines is 1. The largest absolute Gasteiger partial charge is 0.357 e. The summed E-state index contributed by atoms with van der Waals surface area (Å²) in [5.74, 6) is 1.63. The van der Waals surface area contributed by atoms with Gasteiger partial charge in [-0.1, -0.05) is 0 Å². The number of aryl methyl sites for hydroxylation is 1. The van der Waals surface area contributed by atoms with Crippen LogP contribution in [0.25, 0.3) is 11.0 Å². The van der Waals surface area contributed by atoms with Gasteiger partial charge < -0.3 is 20.2 Å². The van der Waals surface area contributed by atoms with Gasteiger partial charge in [0.1, 0.15) is 17.2 Å². The molecule has 0 aliphatic heterocycles. The van der Waals surface area contributed by atoms with Gasteiger partial charge in [-0.25, -0.2) is 24.3 Å². The fourth-order valence-corrected chi connectivity index (χ4v) is 2.50. The van der Waals surface area contributed by atoms with Crippen LogP contribution in [0.2, 0.25) is 0 Å². The summed E-state index contributed by atoms with van der Waals surface area (Å²) in [6, 6.07) is 1.56. The molecule has 0 saturated carbocycles. The van der Waals surface area contributed by atoms with E-state index in [-0.39, 0.29) is 6.04 Å². The van der Waals surface area contributed by atoms with E-state index in [0.717, 1.165) is 23.4 Å². The van der Waals surface area contributed by atoms with Crippen LogP contribution in [-0.4, -0.2) is 34.5 Å². The highest BCUT2D eigenvalue weighted by Crippen LogP contribution is 2.24. The van der Waals surface area contributed by atoms with Crippen molar-refractivity contribution in [2.45, 2.75) is 13.0 Å². The number of hydrogen-bond acceptors (Lipinski definition) is 7. The molecule has 4 heterocycles. The summed E-state index contributed by atoms with van der Waals surface area (Å²) in [5.41, 5.74) is 1.51. The number of rotatable bonds is 5. The van der Waals surface area contributed by atoms with Crippen LogP contribution in [0.4, 0.5) is 22.0 Å². The number of nitrogens with zero attached hydrogens (tertiary/aromatic N) is 6. The van der Waals surface area contributed by atoms with Gasteiger partial charge in [-0.2, -0.15) is 4.98 Å². The topological polar surface area (TPSA) is 109 Å². The Hall–Kier alpha value is -3.56. The van der Waals surface area contributed by atoms with Gasteiger partial charge >= 0.3 is 0 Å². The highest BCUT2D eigenvalue weighted by atomic mass is 19.1. The first-order valence-electron chi connectivity index (χ1n) is 7.92.